The molecule has 0 unspecified atom stereocenters. The lowest BCUT2D eigenvalue weighted by atomic mass is 10.1. The number of benzene rings is 2. The Morgan fingerprint density at radius 1 is 1.15 bits per heavy atom. The van der Waals surface area contributed by atoms with E-state index >= 15 is 0 Å². The van der Waals surface area contributed by atoms with Gasteiger partial charge >= 0.3 is 0 Å². The molecule has 1 aliphatic heterocycles. The Balaban J connectivity index is 2.00. The second kappa shape index (κ2) is 7.58. The predicted molar refractivity (Wildman–Crippen MR) is 107 cm³/mol. The monoisotopic (exact) mass is 368 g/mol. The number of rotatable bonds is 5. The molecule has 0 aliphatic carbocycles. The summed E-state index contributed by atoms with van der Waals surface area (Å²) in [5, 5.41) is 3.38. The van der Waals surface area contributed by atoms with Crippen LogP contribution in [0.1, 0.15) is 18.1 Å². The van der Waals surface area contributed by atoms with Gasteiger partial charge in [0.1, 0.15) is 17.2 Å². The third-order valence-electron chi connectivity index (χ3n) is 4.23. The number of nitrogens with one attached hydrogen (secondary N) is 1. The minimum absolute atomic E-state index is 0.194. The normalized spacial score (nSPS) is 15.3. The zero-order chi connectivity index (χ0) is 18.7. The van der Waals surface area contributed by atoms with Gasteiger partial charge in [-0.1, -0.05) is 25.1 Å². The van der Waals surface area contributed by atoms with E-state index in [2.05, 4.69) is 5.32 Å². The molecule has 1 heterocycles. The number of hydrogen-bond acceptors (Lipinski definition) is 4. The van der Waals surface area contributed by atoms with Crippen LogP contribution in [-0.4, -0.2) is 25.2 Å². The number of anilines is 1. The molecule has 5 nitrogen and oxygen atoms in total. The Morgan fingerprint density at radius 3 is 2.62 bits per heavy atom. The van der Waals surface area contributed by atoms with Crippen LogP contribution in [0, 0.1) is 0 Å². The number of carbonyl (C=O) groups excluding carboxylic acids is 1. The summed E-state index contributed by atoms with van der Waals surface area (Å²) in [4.78, 5) is 14.5. The largest absolute Gasteiger partial charge is 0.497 e. The number of thiocarbonyl (C=S) groups is 1. The molecule has 2 aromatic carbocycles. The molecule has 26 heavy (non-hydrogen) atoms. The van der Waals surface area contributed by atoms with Crippen molar-refractivity contribution in [1.29, 1.82) is 0 Å². The number of nitrogens with zero attached hydrogens (tertiary/aromatic N) is 1. The van der Waals surface area contributed by atoms with Crippen LogP contribution in [0.3, 0.4) is 0 Å². The molecule has 0 radical (unpaired) electrons. The fraction of sp³-hybridized carbons (Fsp3) is 0.200. The summed E-state index contributed by atoms with van der Waals surface area (Å²) >= 11 is 5.41. The molecular formula is C20H20N2O3S. The molecule has 1 aliphatic rings. The van der Waals surface area contributed by atoms with Gasteiger partial charge in [0, 0.05) is 5.56 Å². The van der Waals surface area contributed by atoms with E-state index in [0.29, 0.717) is 22.3 Å². The number of hydrogen-bond donors (Lipinski definition) is 1. The van der Waals surface area contributed by atoms with Crippen LogP contribution >= 0.6 is 12.2 Å². The first-order valence-electron chi connectivity index (χ1n) is 8.26. The first-order chi connectivity index (χ1) is 12.6. The van der Waals surface area contributed by atoms with Gasteiger partial charge < -0.3 is 14.8 Å². The molecule has 1 saturated heterocycles. The van der Waals surface area contributed by atoms with E-state index < -0.39 is 0 Å². The Kier molecular flexibility index (Phi) is 5.23. The van der Waals surface area contributed by atoms with Gasteiger partial charge in [-0.05, 0) is 54.5 Å². The fourth-order valence-corrected chi connectivity index (χ4v) is 3.18. The second-order valence-electron chi connectivity index (χ2n) is 5.72. The number of para-hydroxylation sites is 1. The van der Waals surface area contributed by atoms with Gasteiger partial charge in [-0.3, -0.25) is 9.69 Å². The summed E-state index contributed by atoms with van der Waals surface area (Å²) in [6.07, 6.45) is 2.54. The molecule has 0 bridgehead atoms. The SMILES string of the molecule is CCc1ccccc1N1C(=O)/C(=C\c2cc(OC)ccc2OC)NC1=S. The number of methoxy groups -OCH3 is 2. The van der Waals surface area contributed by atoms with Gasteiger partial charge in [0.05, 0.1) is 19.9 Å². The van der Waals surface area contributed by atoms with Crippen molar-refractivity contribution in [2.75, 3.05) is 19.1 Å². The van der Waals surface area contributed by atoms with Gasteiger partial charge in [0.25, 0.3) is 5.91 Å². The van der Waals surface area contributed by atoms with Crippen molar-refractivity contribution < 1.29 is 14.3 Å². The van der Waals surface area contributed by atoms with Gasteiger partial charge in [-0.15, -0.1) is 0 Å². The van der Waals surface area contributed by atoms with Crippen molar-refractivity contribution in [3.63, 3.8) is 0 Å². The van der Waals surface area contributed by atoms with Crippen LogP contribution in [0.4, 0.5) is 5.69 Å². The average molecular weight is 368 g/mol. The molecule has 1 fully saturated rings. The summed E-state index contributed by atoms with van der Waals surface area (Å²) in [5.41, 5.74) is 2.99. The zero-order valence-corrected chi connectivity index (χ0v) is 15.7. The van der Waals surface area contributed by atoms with Crippen LogP contribution in [-0.2, 0) is 11.2 Å². The lowest BCUT2D eigenvalue weighted by Crippen LogP contribution is -2.31. The summed E-state index contributed by atoms with van der Waals surface area (Å²) < 4.78 is 10.6. The van der Waals surface area contributed by atoms with E-state index in [-0.39, 0.29) is 5.91 Å². The van der Waals surface area contributed by atoms with Crippen molar-refractivity contribution in [3.05, 3.63) is 59.3 Å². The highest BCUT2D eigenvalue weighted by Crippen LogP contribution is 2.29. The van der Waals surface area contributed by atoms with Crippen molar-refractivity contribution in [1.82, 2.24) is 5.32 Å². The van der Waals surface area contributed by atoms with E-state index in [1.807, 2.05) is 37.3 Å². The maximum Gasteiger partial charge on any atom is 0.281 e. The average Bonchev–Trinajstić information content (AvgIpc) is 2.94. The smallest absolute Gasteiger partial charge is 0.281 e. The minimum Gasteiger partial charge on any atom is -0.497 e. The third kappa shape index (κ3) is 3.28. The van der Waals surface area contributed by atoms with E-state index in [0.717, 1.165) is 23.2 Å². The molecule has 134 valence electrons. The van der Waals surface area contributed by atoms with Crippen molar-refractivity contribution >= 4 is 35.0 Å². The molecule has 0 spiro atoms. The van der Waals surface area contributed by atoms with E-state index in [4.69, 9.17) is 21.7 Å². The van der Waals surface area contributed by atoms with Gasteiger partial charge in [0.15, 0.2) is 5.11 Å². The molecule has 0 saturated carbocycles. The number of aryl methyl sites for hydroxylation is 1. The predicted octanol–water partition coefficient (Wildman–Crippen LogP) is 3.53. The van der Waals surface area contributed by atoms with Gasteiger partial charge in [-0.25, -0.2) is 0 Å². The maximum absolute atomic E-state index is 13.0. The quantitative estimate of drug-likeness (QED) is 0.646. The molecule has 2 aromatic rings. The molecule has 3 rings (SSSR count). The lowest BCUT2D eigenvalue weighted by molar-refractivity contribution is -0.113. The number of carbonyl (C=O) groups is 1. The highest BCUT2D eigenvalue weighted by molar-refractivity contribution is 7.80. The zero-order valence-electron chi connectivity index (χ0n) is 14.9. The summed E-state index contributed by atoms with van der Waals surface area (Å²) in [5.74, 6) is 1.13. The van der Waals surface area contributed by atoms with Gasteiger partial charge in [0.2, 0.25) is 0 Å². The summed E-state index contributed by atoms with van der Waals surface area (Å²) in [6, 6.07) is 13.2. The lowest BCUT2D eigenvalue weighted by Gasteiger charge is -2.17. The molecule has 0 aromatic heterocycles. The Morgan fingerprint density at radius 2 is 1.92 bits per heavy atom. The highest BCUT2D eigenvalue weighted by atomic mass is 32.1. The van der Waals surface area contributed by atoms with Crippen molar-refractivity contribution in [2.45, 2.75) is 13.3 Å². The van der Waals surface area contributed by atoms with Crippen LogP contribution in [0.15, 0.2) is 48.2 Å². The fourth-order valence-electron chi connectivity index (χ4n) is 2.89. The summed E-state index contributed by atoms with van der Waals surface area (Å²) in [6.45, 7) is 2.05. The van der Waals surface area contributed by atoms with Crippen LogP contribution in [0.2, 0.25) is 0 Å². The van der Waals surface area contributed by atoms with Gasteiger partial charge in [-0.2, -0.15) is 0 Å². The highest BCUT2D eigenvalue weighted by Gasteiger charge is 2.33. The summed E-state index contributed by atoms with van der Waals surface area (Å²) in [7, 11) is 3.18. The second-order valence-corrected chi connectivity index (χ2v) is 6.11. The van der Waals surface area contributed by atoms with Crippen LogP contribution < -0.4 is 19.7 Å². The Hall–Kier alpha value is -2.86. The first-order valence-corrected chi connectivity index (χ1v) is 8.67. The van der Waals surface area contributed by atoms with Crippen molar-refractivity contribution in [2.24, 2.45) is 0 Å². The number of amides is 1. The van der Waals surface area contributed by atoms with E-state index in [1.165, 1.54) is 4.90 Å². The van der Waals surface area contributed by atoms with Crippen molar-refractivity contribution in [3.8, 4) is 11.5 Å². The molecular weight excluding hydrogens is 348 g/mol. The topological polar surface area (TPSA) is 50.8 Å². The van der Waals surface area contributed by atoms with E-state index in [1.54, 1.807) is 32.4 Å². The van der Waals surface area contributed by atoms with Crippen LogP contribution in [0.25, 0.3) is 6.08 Å². The third-order valence-corrected chi connectivity index (χ3v) is 4.51. The molecule has 1 amide bonds. The molecule has 0 atom stereocenters. The van der Waals surface area contributed by atoms with E-state index in [9.17, 15) is 4.79 Å². The molecule has 1 N–H and O–H groups in total. The number of ether oxygens (including phenoxy) is 2. The standard InChI is InChI=1S/C20H20N2O3S/c1-4-13-7-5-6-8-17(13)22-19(23)16(21-20(22)26)12-14-11-15(24-2)9-10-18(14)25-3/h5-12H,4H2,1-3H3,(H,21,26)/b16-12+. The Labute approximate surface area is 158 Å². The maximum atomic E-state index is 13.0. The first kappa shape index (κ1) is 17.9. The Bertz CT molecular complexity index is 892. The molecule has 6 heteroatoms. The van der Waals surface area contributed by atoms with Crippen LogP contribution in [0.5, 0.6) is 11.5 Å². The minimum atomic E-state index is -0.194.